The average molecular weight is 317 g/mol. The molecule has 0 aromatic heterocycles. The van der Waals surface area contributed by atoms with Crippen molar-refractivity contribution in [2.75, 3.05) is 19.3 Å². The predicted octanol–water partition coefficient (Wildman–Crippen LogP) is 2.49. The van der Waals surface area contributed by atoms with Gasteiger partial charge in [-0.15, -0.1) is 0 Å². The van der Waals surface area contributed by atoms with Crippen LogP contribution in [0.15, 0.2) is 42.5 Å². The number of piperidine rings is 1. The van der Waals surface area contributed by atoms with Gasteiger partial charge in [-0.05, 0) is 35.7 Å². The van der Waals surface area contributed by atoms with Crippen LogP contribution in [0, 0.1) is 0 Å². The molecule has 5 heteroatoms. The first kappa shape index (κ1) is 15.0. The topological polar surface area (TPSA) is 54.5 Å². The predicted molar refractivity (Wildman–Crippen MR) is 87.7 cm³/mol. The molecule has 1 saturated heterocycles. The molecule has 116 valence electrons. The van der Waals surface area contributed by atoms with Crippen molar-refractivity contribution in [1.82, 2.24) is 4.90 Å². The lowest BCUT2D eigenvalue weighted by Crippen LogP contribution is -2.42. The van der Waals surface area contributed by atoms with E-state index in [1.165, 1.54) is 6.26 Å². The molecular formula is C17H19NO3S. The molecule has 1 fully saturated rings. The van der Waals surface area contributed by atoms with Gasteiger partial charge >= 0.3 is 0 Å². The van der Waals surface area contributed by atoms with Gasteiger partial charge in [0, 0.05) is 24.9 Å². The van der Waals surface area contributed by atoms with Gasteiger partial charge in [0.2, 0.25) is 0 Å². The van der Waals surface area contributed by atoms with Gasteiger partial charge in [0.05, 0.1) is 5.25 Å². The van der Waals surface area contributed by atoms with E-state index in [2.05, 4.69) is 0 Å². The molecule has 1 aliphatic heterocycles. The lowest BCUT2D eigenvalue weighted by molar-refractivity contribution is 0.0726. The maximum atomic E-state index is 12.6. The first-order valence-electron chi connectivity index (χ1n) is 7.42. The van der Waals surface area contributed by atoms with Crippen molar-refractivity contribution < 1.29 is 13.2 Å². The molecule has 1 aliphatic rings. The molecular weight excluding hydrogens is 298 g/mol. The number of fused-ring (bicyclic) bond motifs is 1. The SMILES string of the molecule is CS(=O)(=O)C1CCN(C(=O)c2ccc3ccccc3c2)CC1. The molecule has 3 rings (SSSR count). The third-order valence-corrected chi connectivity index (χ3v) is 6.01. The largest absolute Gasteiger partial charge is 0.339 e. The number of carbonyl (C=O) groups is 1. The molecule has 2 aromatic carbocycles. The van der Waals surface area contributed by atoms with E-state index in [1.807, 2.05) is 42.5 Å². The molecule has 1 amide bonds. The highest BCUT2D eigenvalue weighted by Crippen LogP contribution is 2.21. The summed E-state index contributed by atoms with van der Waals surface area (Å²) in [5.74, 6) is -0.0160. The van der Waals surface area contributed by atoms with Crippen molar-refractivity contribution in [1.29, 1.82) is 0 Å². The van der Waals surface area contributed by atoms with E-state index in [9.17, 15) is 13.2 Å². The number of nitrogens with zero attached hydrogens (tertiary/aromatic N) is 1. The summed E-state index contributed by atoms with van der Waals surface area (Å²) in [6.07, 6.45) is 2.33. The lowest BCUT2D eigenvalue weighted by Gasteiger charge is -2.31. The van der Waals surface area contributed by atoms with Gasteiger partial charge < -0.3 is 4.90 Å². The van der Waals surface area contributed by atoms with E-state index in [0.29, 0.717) is 31.5 Å². The van der Waals surface area contributed by atoms with E-state index in [4.69, 9.17) is 0 Å². The molecule has 0 saturated carbocycles. The second-order valence-electron chi connectivity index (χ2n) is 5.88. The van der Waals surface area contributed by atoms with Crippen LogP contribution < -0.4 is 0 Å². The molecule has 0 spiro atoms. The highest BCUT2D eigenvalue weighted by Gasteiger charge is 2.29. The summed E-state index contributed by atoms with van der Waals surface area (Å²) < 4.78 is 23.2. The summed E-state index contributed by atoms with van der Waals surface area (Å²) in [6.45, 7) is 1.01. The van der Waals surface area contributed by atoms with Crippen LogP contribution in [-0.2, 0) is 9.84 Å². The average Bonchev–Trinajstić information content (AvgIpc) is 2.53. The minimum Gasteiger partial charge on any atom is -0.339 e. The Hall–Kier alpha value is -1.88. The van der Waals surface area contributed by atoms with Crippen molar-refractivity contribution in [2.45, 2.75) is 18.1 Å². The molecule has 0 bridgehead atoms. The summed E-state index contributed by atoms with van der Waals surface area (Å²) in [5.41, 5.74) is 0.663. The van der Waals surface area contributed by atoms with Crippen molar-refractivity contribution in [3.05, 3.63) is 48.0 Å². The first-order valence-corrected chi connectivity index (χ1v) is 9.37. The maximum Gasteiger partial charge on any atom is 0.253 e. The molecule has 0 aliphatic carbocycles. The Morgan fingerprint density at radius 3 is 2.32 bits per heavy atom. The maximum absolute atomic E-state index is 12.6. The van der Waals surface area contributed by atoms with Crippen LogP contribution in [-0.4, -0.2) is 43.8 Å². The van der Waals surface area contributed by atoms with Crippen LogP contribution in [0.5, 0.6) is 0 Å². The van der Waals surface area contributed by atoms with Gasteiger partial charge in [-0.25, -0.2) is 8.42 Å². The van der Waals surface area contributed by atoms with E-state index < -0.39 is 9.84 Å². The molecule has 2 aromatic rings. The molecule has 0 atom stereocenters. The number of amides is 1. The Kier molecular flexibility index (Phi) is 3.91. The van der Waals surface area contributed by atoms with E-state index in [-0.39, 0.29) is 11.2 Å². The Morgan fingerprint density at radius 2 is 1.68 bits per heavy atom. The lowest BCUT2D eigenvalue weighted by atomic mass is 10.0. The van der Waals surface area contributed by atoms with Crippen LogP contribution >= 0.6 is 0 Å². The zero-order chi connectivity index (χ0) is 15.7. The summed E-state index contributed by atoms with van der Waals surface area (Å²) >= 11 is 0. The van der Waals surface area contributed by atoms with Crippen LogP contribution in [0.1, 0.15) is 23.2 Å². The third kappa shape index (κ3) is 2.99. The zero-order valence-electron chi connectivity index (χ0n) is 12.5. The molecule has 4 nitrogen and oxygen atoms in total. The van der Waals surface area contributed by atoms with Crippen molar-refractivity contribution >= 4 is 26.5 Å². The number of sulfone groups is 1. The number of hydrogen-bond donors (Lipinski definition) is 0. The molecule has 0 radical (unpaired) electrons. The Labute approximate surface area is 130 Å². The summed E-state index contributed by atoms with van der Waals surface area (Å²) in [6, 6.07) is 13.6. The van der Waals surface area contributed by atoms with Crippen LogP contribution in [0.25, 0.3) is 10.8 Å². The van der Waals surface area contributed by atoms with Gasteiger partial charge in [0.25, 0.3) is 5.91 Å². The normalized spacial score (nSPS) is 16.9. The number of carbonyl (C=O) groups excluding carboxylic acids is 1. The van der Waals surface area contributed by atoms with E-state index in [1.54, 1.807) is 4.90 Å². The van der Waals surface area contributed by atoms with Gasteiger partial charge in [0.15, 0.2) is 0 Å². The van der Waals surface area contributed by atoms with Crippen LogP contribution in [0.2, 0.25) is 0 Å². The molecule has 1 heterocycles. The summed E-state index contributed by atoms with van der Waals surface area (Å²) in [7, 11) is -3.01. The molecule has 22 heavy (non-hydrogen) atoms. The minimum atomic E-state index is -3.01. The first-order chi connectivity index (χ1) is 10.4. The summed E-state index contributed by atoms with van der Waals surface area (Å²) in [5, 5.41) is 1.84. The highest BCUT2D eigenvalue weighted by molar-refractivity contribution is 7.91. The Morgan fingerprint density at radius 1 is 1.05 bits per heavy atom. The quantitative estimate of drug-likeness (QED) is 0.855. The van der Waals surface area contributed by atoms with Crippen LogP contribution in [0.4, 0.5) is 0 Å². The fourth-order valence-electron chi connectivity index (χ4n) is 2.99. The van der Waals surface area contributed by atoms with Crippen molar-refractivity contribution in [3.8, 4) is 0 Å². The van der Waals surface area contributed by atoms with Gasteiger partial charge in [0.1, 0.15) is 9.84 Å². The Balaban J connectivity index is 1.76. The summed E-state index contributed by atoms with van der Waals surface area (Å²) in [4.78, 5) is 14.3. The van der Waals surface area contributed by atoms with Crippen molar-refractivity contribution in [2.24, 2.45) is 0 Å². The number of likely N-dealkylation sites (tertiary alicyclic amines) is 1. The van der Waals surface area contributed by atoms with E-state index in [0.717, 1.165) is 10.8 Å². The molecule has 0 N–H and O–H groups in total. The number of hydrogen-bond acceptors (Lipinski definition) is 3. The van der Waals surface area contributed by atoms with E-state index >= 15 is 0 Å². The third-order valence-electron chi connectivity index (χ3n) is 4.33. The monoisotopic (exact) mass is 317 g/mol. The van der Waals surface area contributed by atoms with Gasteiger partial charge in [-0.3, -0.25) is 4.79 Å². The minimum absolute atomic E-state index is 0.0160. The standard InChI is InChI=1S/C17H19NO3S/c1-22(20,21)16-8-10-18(11-9-16)17(19)15-7-6-13-4-2-3-5-14(13)12-15/h2-7,12,16H,8-11H2,1H3. The zero-order valence-corrected chi connectivity index (χ0v) is 13.3. The molecule has 0 unspecified atom stereocenters. The fraction of sp³-hybridized carbons (Fsp3) is 0.353. The second-order valence-corrected chi connectivity index (χ2v) is 8.21. The number of benzene rings is 2. The fourth-order valence-corrected chi connectivity index (χ4v) is 4.06. The smallest absolute Gasteiger partial charge is 0.253 e. The van der Waals surface area contributed by atoms with Gasteiger partial charge in [-0.2, -0.15) is 0 Å². The highest BCUT2D eigenvalue weighted by atomic mass is 32.2. The van der Waals surface area contributed by atoms with Gasteiger partial charge in [-0.1, -0.05) is 30.3 Å². The Bertz CT molecular complexity index is 806. The van der Waals surface area contributed by atoms with Crippen LogP contribution in [0.3, 0.4) is 0 Å². The second kappa shape index (κ2) is 5.72. The number of rotatable bonds is 2. The van der Waals surface area contributed by atoms with Crippen molar-refractivity contribution in [3.63, 3.8) is 0 Å².